The first-order chi connectivity index (χ1) is 7.91. The summed E-state index contributed by atoms with van der Waals surface area (Å²) in [6, 6.07) is 0. The van der Waals surface area contributed by atoms with E-state index in [-0.39, 0.29) is 11.3 Å². The highest BCUT2D eigenvalue weighted by molar-refractivity contribution is 7.89. The largest absolute Gasteiger partial charge is 0.317 e. The molecular weight excluding hydrogens is 236 g/mol. The number of rotatable bonds is 6. The number of nitrogens with one attached hydrogen (secondary N) is 2. The second kappa shape index (κ2) is 6.16. The third-order valence-corrected chi connectivity index (χ3v) is 5.59. The minimum Gasteiger partial charge on any atom is -0.317 e. The van der Waals surface area contributed by atoms with Crippen LogP contribution in [0.15, 0.2) is 0 Å². The molecule has 1 fully saturated rings. The van der Waals surface area contributed by atoms with E-state index in [1.165, 1.54) is 0 Å². The summed E-state index contributed by atoms with van der Waals surface area (Å²) in [5.41, 5.74) is -0.286. The van der Waals surface area contributed by atoms with E-state index < -0.39 is 10.0 Å². The molecule has 0 aliphatic carbocycles. The first kappa shape index (κ1) is 14.9. The van der Waals surface area contributed by atoms with Crippen molar-refractivity contribution in [3.63, 3.8) is 0 Å². The molecule has 17 heavy (non-hydrogen) atoms. The lowest BCUT2D eigenvalue weighted by Crippen LogP contribution is -2.47. The first-order valence-electron chi connectivity index (χ1n) is 6.63. The number of piperidine rings is 1. The molecule has 102 valence electrons. The maximum Gasteiger partial charge on any atom is 0.212 e. The van der Waals surface area contributed by atoms with Crippen molar-refractivity contribution in [1.29, 1.82) is 0 Å². The van der Waals surface area contributed by atoms with E-state index in [1.54, 1.807) is 0 Å². The molecule has 0 aromatic heterocycles. The highest BCUT2D eigenvalue weighted by Gasteiger charge is 2.28. The van der Waals surface area contributed by atoms with Gasteiger partial charge in [-0.05, 0) is 51.6 Å². The van der Waals surface area contributed by atoms with E-state index in [9.17, 15) is 8.42 Å². The van der Waals surface area contributed by atoms with Crippen LogP contribution >= 0.6 is 0 Å². The summed E-state index contributed by atoms with van der Waals surface area (Å²) in [6.07, 6.45) is 3.59. The highest BCUT2D eigenvalue weighted by atomic mass is 32.2. The zero-order valence-corrected chi connectivity index (χ0v) is 12.1. The van der Waals surface area contributed by atoms with Crippen LogP contribution in [0.1, 0.15) is 46.5 Å². The summed E-state index contributed by atoms with van der Waals surface area (Å²) in [6.45, 7) is 7.91. The number of sulfonamides is 1. The molecule has 1 aliphatic rings. The SMILES string of the molecule is CCC(C)(CC)NS(=O)(=O)CC1CCNCC1. The maximum atomic E-state index is 12.1. The Bertz CT molecular complexity index is 317. The smallest absolute Gasteiger partial charge is 0.212 e. The zero-order valence-electron chi connectivity index (χ0n) is 11.3. The van der Waals surface area contributed by atoms with Crippen molar-refractivity contribution in [2.75, 3.05) is 18.8 Å². The van der Waals surface area contributed by atoms with Crippen LogP contribution in [0, 0.1) is 5.92 Å². The summed E-state index contributed by atoms with van der Waals surface area (Å²) in [5.74, 6) is 0.594. The van der Waals surface area contributed by atoms with Gasteiger partial charge in [-0.2, -0.15) is 0 Å². The zero-order chi connectivity index (χ0) is 12.9. The molecule has 0 aromatic carbocycles. The Morgan fingerprint density at radius 3 is 2.24 bits per heavy atom. The molecule has 1 saturated heterocycles. The second-order valence-corrected chi connectivity index (χ2v) is 7.11. The van der Waals surface area contributed by atoms with Gasteiger partial charge in [0.15, 0.2) is 0 Å². The molecule has 1 rings (SSSR count). The van der Waals surface area contributed by atoms with Crippen molar-refractivity contribution < 1.29 is 8.42 Å². The van der Waals surface area contributed by atoms with E-state index in [0.717, 1.165) is 38.8 Å². The van der Waals surface area contributed by atoms with E-state index in [4.69, 9.17) is 0 Å². The van der Waals surface area contributed by atoms with Crippen LogP contribution in [0.5, 0.6) is 0 Å². The average Bonchev–Trinajstić information content (AvgIpc) is 2.29. The van der Waals surface area contributed by atoms with Gasteiger partial charge in [0, 0.05) is 5.54 Å². The lowest BCUT2D eigenvalue weighted by atomic mass is 9.98. The Labute approximate surface area is 106 Å². The molecule has 0 radical (unpaired) electrons. The first-order valence-corrected chi connectivity index (χ1v) is 8.28. The Balaban J connectivity index is 2.55. The Morgan fingerprint density at radius 1 is 1.24 bits per heavy atom. The van der Waals surface area contributed by atoms with Gasteiger partial charge in [-0.1, -0.05) is 13.8 Å². The van der Waals surface area contributed by atoms with Gasteiger partial charge in [0.2, 0.25) is 10.0 Å². The monoisotopic (exact) mass is 262 g/mol. The molecule has 0 unspecified atom stereocenters. The Morgan fingerprint density at radius 2 is 1.76 bits per heavy atom. The number of hydrogen-bond acceptors (Lipinski definition) is 3. The van der Waals surface area contributed by atoms with Gasteiger partial charge in [0.25, 0.3) is 0 Å². The van der Waals surface area contributed by atoms with Gasteiger partial charge >= 0.3 is 0 Å². The summed E-state index contributed by atoms with van der Waals surface area (Å²) < 4.78 is 27.1. The topological polar surface area (TPSA) is 58.2 Å². The van der Waals surface area contributed by atoms with Crippen LogP contribution in [0.25, 0.3) is 0 Å². The molecule has 5 heteroatoms. The molecule has 0 spiro atoms. The molecular formula is C12H26N2O2S. The van der Waals surface area contributed by atoms with Crippen molar-refractivity contribution in [2.45, 2.75) is 52.0 Å². The fraction of sp³-hybridized carbons (Fsp3) is 1.00. The minimum absolute atomic E-state index is 0.282. The van der Waals surface area contributed by atoms with Crippen LogP contribution in [-0.2, 0) is 10.0 Å². The normalized spacial score (nSPS) is 19.5. The summed E-state index contributed by atoms with van der Waals surface area (Å²) in [7, 11) is -3.14. The quantitative estimate of drug-likeness (QED) is 0.762. The lowest BCUT2D eigenvalue weighted by Gasteiger charge is -2.30. The fourth-order valence-corrected chi connectivity index (χ4v) is 4.25. The van der Waals surface area contributed by atoms with Crippen LogP contribution < -0.4 is 10.0 Å². The minimum atomic E-state index is -3.14. The van der Waals surface area contributed by atoms with E-state index in [2.05, 4.69) is 10.0 Å². The van der Waals surface area contributed by atoms with E-state index in [0.29, 0.717) is 5.92 Å². The standard InChI is InChI=1S/C12H26N2O2S/c1-4-12(3,5-2)14-17(15,16)10-11-6-8-13-9-7-11/h11,13-14H,4-10H2,1-3H3. The third kappa shape index (κ3) is 4.94. The van der Waals surface area contributed by atoms with Crippen LogP contribution in [0.2, 0.25) is 0 Å². The average molecular weight is 262 g/mol. The Kier molecular flexibility index (Phi) is 5.41. The molecule has 0 bridgehead atoms. The molecule has 1 heterocycles. The van der Waals surface area contributed by atoms with Crippen molar-refractivity contribution >= 4 is 10.0 Å². The summed E-state index contributed by atoms with van der Waals surface area (Å²) >= 11 is 0. The third-order valence-electron chi connectivity index (χ3n) is 3.88. The van der Waals surface area contributed by atoms with Gasteiger partial charge in [0.1, 0.15) is 0 Å². The summed E-state index contributed by atoms with van der Waals surface area (Å²) in [5, 5.41) is 3.26. The second-order valence-electron chi connectivity index (χ2n) is 5.34. The van der Waals surface area contributed by atoms with Crippen molar-refractivity contribution in [3.05, 3.63) is 0 Å². The Hall–Kier alpha value is -0.130. The van der Waals surface area contributed by atoms with E-state index >= 15 is 0 Å². The van der Waals surface area contributed by atoms with Crippen LogP contribution in [0.3, 0.4) is 0 Å². The highest BCUT2D eigenvalue weighted by Crippen LogP contribution is 2.18. The summed E-state index contributed by atoms with van der Waals surface area (Å²) in [4.78, 5) is 0. The molecule has 2 N–H and O–H groups in total. The maximum absolute atomic E-state index is 12.1. The van der Waals surface area contributed by atoms with Crippen molar-refractivity contribution in [2.24, 2.45) is 5.92 Å². The van der Waals surface area contributed by atoms with Gasteiger partial charge in [-0.3, -0.25) is 0 Å². The molecule has 0 saturated carbocycles. The van der Waals surface area contributed by atoms with Gasteiger partial charge < -0.3 is 5.32 Å². The van der Waals surface area contributed by atoms with Gasteiger partial charge in [-0.25, -0.2) is 13.1 Å². The lowest BCUT2D eigenvalue weighted by molar-refractivity contribution is 0.374. The predicted molar refractivity (Wildman–Crippen MR) is 71.5 cm³/mol. The van der Waals surface area contributed by atoms with Crippen molar-refractivity contribution in [1.82, 2.24) is 10.0 Å². The molecule has 1 aliphatic heterocycles. The molecule has 0 amide bonds. The number of hydrogen-bond donors (Lipinski definition) is 2. The molecule has 0 atom stereocenters. The van der Waals surface area contributed by atoms with E-state index in [1.807, 2.05) is 20.8 Å². The van der Waals surface area contributed by atoms with Gasteiger partial charge in [0.05, 0.1) is 5.75 Å². The fourth-order valence-electron chi connectivity index (χ4n) is 2.17. The van der Waals surface area contributed by atoms with Crippen molar-refractivity contribution in [3.8, 4) is 0 Å². The predicted octanol–water partition coefficient (Wildman–Crippen LogP) is 1.48. The molecule has 0 aromatic rings. The molecule has 4 nitrogen and oxygen atoms in total. The van der Waals surface area contributed by atoms with Gasteiger partial charge in [-0.15, -0.1) is 0 Å². The van der Waals surface area contributed by atoms with Crippen LogP contribution in [0.4, 0.5) is 0 Å². The van der Waals surface area contributed by atoms with Crippen LogP contribution in [-0.4, -0.2) is 32.8 Å².